The topological polar surface area (TPSA) is 109 Å². The van der Waals surface area contributed by atoms with Crippen molar-refractivity contribution in [3.05, 3.63) is 30.0 Å². The first-order valence-electron chi connectivity index (χ1n) is 6.43. The number of aromatic nitrogens is 4. The average Bonchev–Trinajstić information content (AvgIpc) is 3.16. The Hall–Kier alpha value is -3.03. The molecule has 4 rings (SSSR count). The lowest BCUT2D eigenvalue weighted by atomic mass is 10.0. The van der Waals surface area contributed by atoms with Crippen molar-refractivity contribution in [1.29, 1.82) is 0 Å². The van der Waals surface area contributed by atoms with Crippen molar-refractivity contribution in [2.24, 2.45) is 5.10 Å². The highest BCUT2D eigenvalue weighted by molar-refractivity contribution is 6.05. The summed E-state index contributed by atoms with van der Waals surface area (Å²) in [6, 6.07) is 5.80. The summed E-state index contributed by atoms with van der Waals surface area (Å²) in [5.74, 6) is 0.544. The molecule has 104 valence electrons. The standard InChI is InChI=1S/C13H10N6O2/c20-12-4-3-8(17-18-12)7-1-2-9-10(5-7)16-13(15-9)11-6-14-21-19-11/h1-2,5-6H,3-4H2,(H,15,16)(H,18,20). The van der Waals surface area contributed by atoms with Crippen LogP contribution in [0.25, 0.3) is 22.6 Å². The van der Waals surface area contributed by atoms with Crippen LogP contribution in [0.5, 0.6) is 0 Å². The number of benzene rings is 1. The molecule has 2 aromatic heterocycles. The van der Waals surface area contributed by atoms with E-state index in [-0.39, 0.29) is 5.91 Å². The SMILES string of the molecule is O=C1CCC(c2ccc3[nH]c(-c4cnon4)nc3c2)=NN1. The van der Waals surface area contributed by atoms with Crippen molar-refractivity contribution in [3.8, 4) is 11.5 Å². The number of nitrogens with zero attached hydrogens (tertiary/aromatic N) is 4. The van der Waals surface area contributed by atoms with Crippen molar-refractivity contribution in [2.75, 3.05) is 0 Å². The van der Waals surface area contributed by atoms with Gasteiger partial charge in [-0.2, -0.15) is 5.10 Å². The Balaban J connectivity index is 1.75. The van der Waals surface area contributed by atoms with E-state index in [4.69, 9.17) is 0 Å². The molecule has 1 amide bonds. The number of H-pyrrole nitrogens is 1. The normalized spacial score (nSPS) is 15.0. The van der Waals surface area contributed by atoms with Crippen LogP contribution in [0.3, 0.4) is 0 Å². The number of nitrogens with one attached hydrogen (secondary N) is 2. The van der Waals surface area contributed by atoms with E-state index in [0.717, 1.165) is 22.3 Å². The van der Waals surface area contributed by atoms with Crippen LogP contribution >= 0.6 is 0 Å². The summed E-state index contributed by atoms with van der Waals surface area (Å²) >= 11 is 0. The fraction of sp³-hybridized carbons (Fsp3) is 0.154. The van der Waals surface area contributed by atoms with Crippen molar-refractivity contribution < 1.29 is 9.42 Å². The maximum Gasteiger partial charge on any atom is 0.240 e. The number of amides is 1. The number of fused-ring (bicyclic) bond motifs is 1. The second-order valence-corrected chi connectivity index (χ2v) is 4.70. The maximum atomic E-state index is 11.1. The quantitative estimate of drug-likeness (QED) is 0.734. The van der Waals surface area contributed by atoms with Crippen molar-refractivity contribution in [1.82, 2.24) is 25.7 Å². The van der Waals surface area contributed by atoms with Gasteiger partial charge >= 0.3 is 0 Å². The van der Waals surface area contributed by atoms with Gasteiger partial charge in [-0.25, -0.2) is 15.0 Å². The van der Waals surface area contributed by atoms with Gasteiger partial charge in [-0.05, 0) is 17.3 Å². The Bertz CT molecular complexity index is 849. The molecule has 0 bridgehead atoms. The third-order valence-corrected chi connectivity index (χ3v) is 3.32. The Kier molecular flexibility index (Phi) is 2.53. The molecular formula is C13H10N6O2. The minimum absolute atomic E-state index is 0.0552. The third-order valence-electron chi connectivity index (χ3n) is 3.32. The van der Waals surface area contributed by atoms with Crippen LogP contribution in [0.4, 0.5) is 0 Å². The second kappa shape index (κ2) is 4.51. The summed E-state index contributed by atoms with van der Waals surface area (Å²) in [5, 5.41) is 11.4. The maximum absolute atomic E-state index is 11.1. The largest absolute Gasteiger partial charge is 0.336 e. The molecule has 0 atom stereocenters. The lowest BCUT2D eigenvalue weighted by molar-refractivity contribution is -0.121. The fourth-order valence-corrected chi connectivity index (χ4v) is 2.26. The molecule has 8 heteroatoms. The molecule has 0 unspecified atom stereocenters. The summed E-state index contributed by atoms with van der Waals surface area (Å²) in [4.78, 5) is 18.7. The molecule has 1 aromatic carbocycles. The van der Waals surface area contributed by atoms with Crippen LogP contribution in [0.1, 0.15) is 18.4 Å². The summed E-state index contributed by atoms with van der Waals surface area (Å²) in [5.41, 5.74) is 6.52. The zero-order valence-corrected chi connectivity index (χ0v) is 10.8. The zero-order valence-electron chi connectivity index (χ0n) is 10.8. The molecule has 2 N–H and O–H groups in total. The van der Waals surface area contributed by atoms with E-state index in [1.807, 2.05) is 18.2 Å². The Morgan fingerprint density at radius 2 is 2.19 bits per heavy atom. The van der Waals surface area contributed by atoms with Crippen molar-refractivity contribution in [2.45, 2.75) is 12.8 Å². The molecule has 0 saturated heterocycles. The van der Waals surface area contributed by atoms with Crippen LogP contribution in [-0.2, 0) is 4.79 Å². The zero-order chi connectivity index (χ0) is 14.2. The predicted molar refractivity (Wildman–Crippen MR) is 73.3 cm³/mol. The number of carbonyl (C=O) groups excluding carboxylic acids is 1. The molecule has 1 aliphatic heterocycles. The van der Waals surface area contributed by atoms with Crippen LogP contribution < -0.4 is 5.43 Å². The average molecular weight is 282 g/mol. The Morgan fingerprint density at radius 3 is 2.95 bits per heavy atom. The number of hydrogen-bond acceptors (Lipinski definition) is 6. The Labute approximate surface area is 118 Å². The first kappa shape index (κ1) is 11.8. The third kappa shape index (κ3) is 2.06. The summed E-state index contributed by atoms with van der Waals surface area (Å²) in [6.07, 6.45) is 2.58. The van der Waals surface area contributed by atoms with Crippen molar-refractivity contribution in [3.63, 3.8) is 0 Å². The van der Waals surface area contributed by atoms with Gasteiger partial charge in [0, 0.05) is 18.4 Å². The highest BCUT2D eigenvalue weighted by Crippen LogP contribution is 2.21. The lowest BCUT2D eigenvalue weighted by Crippen LogP contribution is -2.25. The molecular weight excluding hydrogens is 272 g/mol. The van der Waals surface area contributed by atoms with E-state index >= 15 is 0 Å². The molecule has 21 heavy (non-hydrogen) atoms. The number of rotatable bonds is 2. The summed E-state index contributed by atoms with van der Waals surface area (Å²) in [6.45, 7) is 0. The Morgan fingerprint density at radius 1 is 1.24 bits per heavy atom. The number of hydrogen-bond donors (Lipinski definition) is 2. The van der Waals surface area contributed by atoms with E-state index < -0.39 is 0 Å². The second-order valence-electron chi connectivity index (χ2n) is 4.70. The number of imidazole rings is 1. The highest BCUT2D eigenvalue weighted by Gasteiger charge is 2.15. The van der Waals surface area contributed by atoms with Gasteiger partial charge in [0.1, 0.15) is 6.20 Å². The van der Waals surface area contributed by atoms with E-state index in [0.29, 0.717) is 24.4 Å². The molecule has 3 heterocycles. The molecule has 8 nitrogen and oxygen atoms in total. The van der Waals surface area contributed by atoms with Crippen LogP contribution in [0, 0.1) is 0 Å². The van der Waals surface area contributed by atoms with Gasteiger partial charge in [-0.3, -0.25) is 4.79 Å². The monoisotopic (exact) mass is 282 g/mol. The van der Waals surface area contributed by atoms with Gasteiger partial charge in [0.25, 0.3) is 0 Å². The fourth-order valence-electron chi connectivity index (χ4n) is 2.26. The van der Waals surface area contributed by atoms with Crippen LogP contribution in [0.2, 0.25) is 0 Å². The van der Waals surface area contributed by atoms with Gasteiger partial charge in [0.15, 0.2) is 11.5 Å². The van der Waals surface area contributed by atoms with Gasteiger partial charge in [-0.1, -0.05) is 11.2 Å². The highest BCUT2D eigenvalue weighted by atomic mass is 16.6. The smallest absolute Gasteiger partial charge is 0.240 e. The van der Waals surface area contributed by atoms with Crippen LogP contribution in [-0.4, -0.2) is 31.9 Å². The minimum atomic E-state index is -0.0552. The van der Waals surface area contributed by atoms with Gasteiger partial charge in [0.2, 0.25) is 5.91 Å². The first-order chi connectivity index (χ1) is 10.3. The molecule has 0 fully saturated rings. The molecule has 0 radical (unpaired) electrons. The summed E-state index contributed by atoms with van der Waals surface area (Å²) < 4.78 is 4.57. The first-order valence-corrected chi connectivity index (χ1v) is 6.43. The number of aromatic amines is 1. The number of carbonyl (C=O) groups is 1. The van der Waals surface area contributed by atoms with Crippen molar-refractivity contribution >= 4 is 22.7 Å². The van der Waals surface area contributed by atoms with Gasteiger partial charge in [-0.15, -0.1) is 0 Å². The molecule has 0 aliphatic carbocycles. The van der Waals surface area contributed by atoms with E-state index in [9.17, 15) is 4.79 Å². The predicted octanol–water partition coefficient (Wildman–Crippen LogP) is 1.23. The van der Waals surface area contributed by atoms with Gasteiger partial charge < -0.3 is 4.98 Å². The molecule has 0 spiro atoms. The number of hydrazone groups is 1. The van der Waals surface area contributed by atoms with E-state index in [1.165, 1.54) is 6.20 Å². The summed E-state index contributed by atoms with van der Waals surface area (Å²) in [7, 11) is 0. The lowest BCUT2D eigenvalue weighted by Gasteiger charge is -2.11. The molecule has 0 saturated carbocycles. The minimum Gasteiger partial charge on any atom is -0.336 e. The van der Waals surface area contributed by atoms with E-state index in [1.54, 1.807) is 0 Å². The molecule has 3 aromatic rings. The van der Waals surface area contributed by atoms with Crippen LogP contribution in [0.15, 0.2) is 34.1 Å². The van der Waals surface area contributed by atoms with E-state index in [2.05, 4.69) is 35.4 Å². The molecule has 1 aliphatic rings. The van der Waals surface area contributed by atoms with Gasteiger partial charge in [0.05, 0.1) is 16.7 Å².